The molecule has 3 aromatic carbocycles. The first kappa shape index (κ1) is 30.7. The fourth-order valence-corrected chi connectivity index (χ4v) is 5.54. The summed E-state index contributed by atoms with van der Waals surface area (Å²) >= 11 is 0. The molecule has 0 saturated carbocycles. The number of aromatic nitrogens is 4. The van der Waals surface area contributed by atoms with Crippen molar-refractivity contribution >= 4 is 22.1 Å². The van der Waals surface area contributed by atoms with E-state index in [0.29, 0.717) is 70.9 Å². The van der Waals surface area contributed by atoms with Crippen molar-refractivity contribution in [3.63, 3.8) is 0 Å². The number of nitrogens with zero attached hydrogens (tertiary/aromatic N) is 4. The average Bonchev–Trinajstić information content (AvgIpc) is 3.11. The van der Waals surface area contributed by atoms with E-state index in [1.807, 2.05) is 36.4 Å². The highest BCUT2D eigenvalue weighted by Gasteiger charge is 2.13. The molecule has 4 heterocycles. The van der Waals surface area contributed by atoms with Crippen LogP contribution < -0.4 is 18.6 Å². The second kappa shape index (κ2) is 15.1. The lowest BCUT2D eigenvalue weighted by molar-refractivity contribution is -0.688. The van der Waals surface area contributed by atoms with Gasteiger partial charge >= 0.3 is 0 Å². The van der Waals surface area contributed by atoms with E-state index in [4.69, 9.17) is 33.7 Å². The summed E-state index contributed by atoms with van der Waals surface area (Å²) in [5.41, 5.74) is 8.27. The second-order valence-electron chi connectivity index (χ2n) is 11.4. The van der Waals surface area contributed by atoms with E-state index in [1.54, 1.807) is 0 Å². The summed E-state index contributed by atoms with van der Waals surface area (Å²) in [5, 5.41) is 0. The monoisotopic (exact) mass is 630 g/mol. The van der Waals surface area contributed by atoms with E-state index in [2.05, 4.69) is 82.5 Å². The van der Waals surface area contributed by atoms with Crippen LogP contribution >= 0.6 is 0 Å². The van der Waals surface area contributed by atoms with E-state index in [0.717, 1.165) is 45.3 Å². The minimum absolute atomic E-state index is 0.434. The molecule has 0 saturated heterocycles. The molecule has 0 atom stereocenters. The van der Waals surface area contributed by atoms with Crippen LogP contribution in [-0.2, 0) is 27.3 Å². The summed E-state index contributed by atoms with van der Waals surface area (Å²) in [5.74, 6) is 1.41. The average molecular weight is 631 g/mol. The maximum absolute atomic E-state index is 6.05. The highest BCUT2D eigenvalue weighted by atomic mass is 16.6. The van der Waals surface area contributed by atoms with Gasteiger partial charge in [-0.15, -0.1) is 0 Å². The Kier molecular flexibility index (Phi) is 9.85. The molecule has 0 amide bonds. The Morgan fingerprint density at radius 2 is 0.915 bits per heavy atom. The molecule has 1 aliphatic heterocycles. The maximum Gasteiger partial charge on any atom is 0.173 e. The number of ether oxygens (including phenoxy) is 5. The van der Waals surface area contributed by atoms with Gasteiger partial charge in [0.1, 0.15) is 13.2 Å². The predicted octanol–water partition coefficient (Wildman–Crippen LogP) is 4.94. The van der Waals surface area contributed by atoms with Crippen LogP contribution in [0.1, 0.15) is 11.1 Å². The Hall–Kier alpha value is -4.96. The summed E-state index contributed by atoms with van der Waals surface area (Å²) in [6.45, 7) is 5.46. The molecule has 0 aliphatic carbocycles. The van der Waals surface area contributed by atoms with E-state index in [9.17, 15) is 0 Å². The topological polar surface area (TPSA) is 79.7 Å². The summed E-state index contributed by atoms with van der Waals surface area (Å²) in [6, 6.07) is 29.0. The quantitative estimate of drug-likeness (QED) is 0.197. The van der Waals surface area contributed by atoms with Crippen LogP contribution in [-0.4, -0.2) is 62.8 Å². The van der Waals surface area contributed by atoms with Gasteiger partial charge in [-0.3, -0.25) is 0 Å². The molecule has 0 N–H and O–H groups in total. The molecule has 6 aromatic rings. The lowest BCUT2D eigenvalue weighted by Gasteiger charge is -2.14. The fourth-order valence-electron chi connectivity index (χ4n) is 5.54. The molecule has 3 aromatic heterocycles. The van der Waals surface area contributed by atoms with Crippen molar-refractivity contribution in [2.75, 3.05) is 52.9 Å². The third kappa shape index (κ3) is 8.07. The summed E-state index contributed by atoms with van der Waals surface area (Å²) in [4.78, 5) is 9.57. The number of fused-ring (bicyclic) bond motifs is 3. The minimum atomic E-state index is 0.434. The van der Waals surface area contributed by atoms with Crippen LogP contribution in [0.3, 0.4) is 0 Å². The zero-order valence-corrected chi connectivity index (χ0v) is 26.3. The van der Waals surface area contributed by atoms with Gasteiger partial charge in [0.05, 0.1) is 61.7 Å². The van der Waals surface area contributed by atoms with Crippen LogP contribution in [0.25, 0.3) is 33.2 Å². The van der Waals surface area contributed by atoms with Crippen LogP contribution in [0.4, 0.5) is 0 Å². The maximum atomic E-state index is 6.05. The van der Waals surface area contributed by atoms with Gasteiger partial charge in [0.15, 0.2) is 49.4 Å². The lowest BCUT2D eigenvalue weighted by Crippen LogP contribution is -2.33. The van der Waals surface area contributed by atoms with Gasteiger partial charge in [-0.05, 0) is 53.6 Å². The predicted molar refractivity (Wildman–Crippen MR) is 177 cm³/mol. The molecule has 238 valence electrons. The number of benzene rings is 3. The van der Waals surface area contributed by atoms with Crippen molar-refractivity contribution < 1.29 is 32.8 Å². The number of rotatable bonds is 5. The Morgan fingerprint density at radius 3 is 1.51 bits per heavy atom. The van der Waals surface area contributed by atoms with Gasteiger partial charge in [-0.2, -0.15) is 0 Å². The number of pyridine rings is 2. The molecule has 0 bridgehead atoms. The standard InChI is InChI=1S/C38H38N4O5/c1-2-4-34-33(3-1)39-35-7-5-29(25-36(35)40-34)27-41-13-9-31(10-14-41)32-11-15-42(16-12-32)28-30-6-8-37-38(26-30)47-24-22-45-20-18-43-17-19-44-21-23-46-37/h1-16,25-26H,17-24,27-28H2/q+2. The minimum Gasteiger partial charge on any atom is -0.487 e. The molecule has 47 heavy (non-hydrogen) atoms. The van der Waals surface area contributed by atoms with Gasteiger partial charge in [0.25, 0.3) is 0 Å². The molecular weight excluding hydrogens is 592 g/mol. The molecule has 0 fully saturated rings. The second-order valence-corrected chi connectivity index (χ2v) is 11.4. The SMILES string of the molecule is c1ccc2nc3cc(C[n+]4ccc(-c5cc[n+](Cc6ccc7c(c6)OCCOCCOCCOCCO7)cc5)cc4)ccc3nc2c1. The van der Waals surface area contributed by atoms with Crippen LogP contribution in [0, 0.1) is 0 Å². The van der Waals surface area contributed by atoms with Crippen LogP contribution in [0.2, 0.25) is 0 Å². The first-order valence-corrected chi connectivity index (χ1v) is 16.0. The smallest absolute Gasteiger partial charge is 0.173 e. The van der Waals surface area contributed by atoms with Gasteiger partial charge in [-0.25, -0.2) is 19.1 Å². The number of para-hydroxylation sites is 2. The van der Waals surface area contributed by atoms with Crippen LogP contribution in [0.15, 0.2) is 110 Å². The normalized spacial score (nSPS) is 14.8. The van der Waals surface area contributed by atoms with Crippen molar-refractivity contribution in [1.29, 1.82) is 0 Å². The van der Waals surface area contributed by atoms with Gasteiger partial charge in [-0.1, -0.05) is 18.2 Å². The zero-order chi connectivity index (χ0) is 31.7. The number of hydrogen-bond acceptors (Lipinski definition) is 7. The molecule has 0 spiro atoms. The molecule has 7 rings (SSSR count). The van der Waals surface area contributed by atoms with Crippen molar-refractivity contribution in [3.05, 3.63) is 121 Å². The third-order valence-corrected chi connectivity index (χ3v) is 7.97. The first-order valence-electron chi connectivity index (χ1n) is 16.0. The largest absolute Gasteiger partial charge is 0.487 e. The summed E-state index contributed by atoms with van der Waals surface area (Å²) in [7, 11) is 0. The van der Waals surface area contributed by atoms with Gasteiger partial charge in [0, 0.05) is 35.4 Å². The van der Waals surface area contributed by atoms with Crippen molar-refractivity contribution in [2.24, 2.45) is 0 Å². The highest BCUT2D eigenvalue weighted by molar-refractivity contribution is 5.86. The molecule has 9 heteroatoms. The lowest BCUT2D eigenvalue weighted by atomic mass is 10.1. The molecular formula is C38H38N4O5+2. The Bertz CT molecular complexity index is 1930. The van der Waals surface area contributed by atoms with Gasteiger partial charge in [0.2, 0.25) is 0 Å². The van der Waals surface area contributed by atoms with E-state index < -0.39 is 0 Å². The molecule has 0 unspecified atom stereocenters. The van der Waals surface area contributed by atoms with Gasteiger partial charge < -0.3 is 23.7 Å². The van der Waals surface area contributed by atoms with E-state index in [1.165, 1.54) is 5.56 Å². The highest BCUT2D eigenvalue weighted by Crippen LogP contribution is 2.29. The molecule has 0 radical (unpaired) electrons. The molecule has 1 aliphatic rings. The zero-order valence-electron chi connectivity index (χ0n) is 26.3. The van der Waals surface area contributed by atoms with Crippen molar-refractivity contribution in [1.82, 2.24) is 9.97 Å². The summed E-state index contributed by atoms with van der Waals surface area (Å²) in [6.07, 6.45) is 8.46. The van der Waals surface area contributed by atoms with E-state index >= 15 is 0 Å². The van der Waals surface area contributed by atoms with Crippen LogP contribution in [0.5, 0.6) is 11.5 Å². The van der Waals surface area contributed by atoms with E-state index in [-0.39, 0.29) is 0 Å². The first-order chi connectivity index (χ1) is 23.3. The van der Waals surface area contributed by atoms with Crippen molar-refractivity contribution in [3.8, 4) is 22.6 Å². The fraction of sp³-hybridized carbons (Fsp3) is 0.263. The Balaban J connectivity index is 0.986. The Morgan fingerprint density at radius 1 is 0.447 bits per heavy atom. The van der Waals surface area contributed by atoms with Crippen molar-refractivity contribution in [2.45, 2.75) is 13.1 Å². The Labute approximate surface area is 273 Å². The molecule has 9 nitrogen and oxygen atoms in total. The third-order valence-electron chi connectivity index (χ3n) is 7.97. The number of hydrogen-bond donors (Lipinski definition) is 0. The summed E-state index contributed by atoms with van der Waals surface area (Å²) < 4.78 is 33.0.